The van der Waals surface area contributed by atoms with Crippen molar-refractivity contribution in [2.24, 2.45) is 0 Å². The zero-order valence-electron chi connectivity index (χ0n) is 15.6. The second kappa shape index (κ2) is 8.16. The molecule has 0 N–H and O–H groups in total. The summed E-state index contributed by atoms with van der Waals surface area (Å²) in [6, 6.07) is 0. The van der Waals surface area contributed by atoms with Crippen LogP contribution in [-0.2, 0) is 16.4 Å². The van der Waals surface area contributed by atoms with Gasteiger partial charge in [0.05, 0.1) is 10.7 Å². The molecule has 26 heavy (non-hydrogen) atoms. The van der Waals surface area contributed by atoms with Crippen LogP contribution in [-0.4, -0.2) is 60.5 Å². The van der Waals surface area contributed by atoms with Crippen molar-refractivity contribution in [2.75, 3.05) is 32.7 Å². The molecule has 0 unspecified atom stereocenters. The smallest absolute Gasteiger partial charge is 0.248 e. The van der Waals surface area contributed by atoms with Crippen LogP contribution in [0.4, 0.5) is 0 Å². The lowest BCUT2D eigenvalue weighted by atomic mass is 10.2. The van der Waals surface area contributed by atoms with Gasteiger partial charge in [0.15, 0.2) is 5.76 Å². The van der Waals surface area contributed by atoms with Crippen molar-refractivity contribution in [1.29, 1.82) is 0 Å². The number of aryl methyl sites for hydroxylation is 4. The zero-order chi connectivity index (χ0) is 18.7. The van der Waals surface area contributed by atoms with E-state index in [0.29, 0.717) is 24.5 Å². The fraction of sp³-hybridized carbons (Fsp3) is 0.647. The number of hydrogen-bond acceptors (Lipinski definition) is 7. The predicted octanol–water partition coefficient (Wildman–Crippen LogP) is 2.39. The molecule has 1 saturated heterocycles. The molecule has 0 aromatic carbocycles. The Morgan fingerprint density at radius 2 is 2.00 bits per heavy atom. The van der Waals surface area contributed by atoms with Crippen LogP contribution in [0.25, 0.3) is 0 Å². The summed E-state index contributed by atoms with van der Waals surface area (Å²) < 4.78 is 32.5. The topological polar surface area (TPSA) is 79.5 Å². The first-order valence-electron chi connectivity index (χ1n) is 8.94. The summed E-state index contributed by atoms with van der Waals surface area (Å²) >= 11 is 1.69. The van der Waals surface area contributed by atoms with Crippen molar-refractivity contribution in [2.45, 2.75) is 44.9 Å². The fourth-order valence-electron chi connectivity index (χ4n) is 3.39. The molecule has 0 bridgehead atoms. The largest absolute Gasteiger partial charge is 0.360 e. The highest BCUT2D eigenvalue weighted by Crippen LogP contribution is 2.24. The number of nitrogens with zero attached hydrogens (tertiary/aromatic N) is 4. The number of hydrogen-bond donors (Lipinski definition) is 0. The quantitative estimate of drug-likeness (QED) is 0.743. The van der Waals surface area contributed by atoms with Gasteiger partial charge in [0.1, 0.15) is 10.6 Å². The minimum absolute atomic E-state index is 0.227. The number of sulfonamides is 1. The van der Waals surface area contributed by atoms with Gasteiger partial charge in [-0.25, -0.2) is 13.4 Å². The Balaban J connectivity index is 1.56. The van der Waals surface area contributed by atoms with Crippen molar-refractivity contribution >= 4 is 21.4 Å². The Labute approximate surface area is 159 Å². The Hall–Kier alpha value is -1.29. The van der Waals surface area contributed by atoms with Gasteiger partial charge in [0, 0.05) is 25.0 Å². The predicted molar refractivity (Wildman–Crippen MR) is 101 cm³/mol. The third-order valence-electron chi connectivity index (χ3n) is 4.69. The molecule has 0 atom stereocenters. The Bertz CT molecular complexity index is 825. The van der Waals surface area contributed by atoms with Crippen LogP contribution in [0.3, 0.4) is 0 Å². The van der Waals surface area contributed by atoms with Gasteiger partial charge in [0.25, 0.3) is 0 Å². The van der Waals surface area contributed by atoms with E-state index in [-0.39, 0.29) is 4.90 Å². The molecule has 3 rings (SSSR count). The van der Waals surface area contributed by atoms with Gasteiger partial charge in [-0.2, -0.15) is 4.31 Å². The van der Waals surface area contributed by atoms with Gasteiger partial charge in [0.2, 0.25) is 10.0 Å². The lowest BCUT2D eigenvalue weighted by Crippen LogP contribution is -2.36. The maximum absolute atomic E-state index is 13.0. The van der Waals surface area contributed by atoms with Crippen LogP contribution >= 0.6 is 11.3 Å². The molecule has 1 fully saturated rings. The highest BCUT2D eigenvalue weighted by atomic mass is 32.2. The monoisotopic (exact) mass is 398 g/mol. The summed E-state index contributed by atoms with van der Waals surface area (Å²) in [6.45, 7) is 9.02. The van der Waals surface area contributed by atoms with Crippen LogP contribution in [0.2, 0.25) is 0 Å². The molecule has 0 aliphatic carbocycles. The van der Waals surface area contributed by atoms with Gasteiger partial charge in [-0.05, 0) is 53.1 Å². The Kier molecular flexibility index (Phi) is 6.11. The van der Waals surface area contributed by atoms with E-state index in [0.717, 1.165) is 49.6 Å². The number of thiazole rings is 1. The van der Waals surface area contributed by atoms with E-state index in [9.17, 15) is 8.42 Å². The SMILES string of the molecule is Cc1nc(CCCN2CCCN(S(=O)(=O)c3c(C)noc3C)CC2)cs1. The highest BCUT2D eigenvalue weighted by molar-refractivity contribution is 7.89. The molecule has 2 aromatic rings. The molecule has 1 aliphatic rings. The lowest BCUT2D eigenvalue weighted by Gasteiger charge is -2.21. The Morgan fingerprint density at radius 1 is 1.19 bits per heavy atom. The van der Waals surface area contributed by atoms with E-state index in [1.54, 1.807) is 29.5 Å². The third-order valence-corrected chi connectivity index (χ3v) is 7.65. The minimum atomic E-state index is -3.55. The van der Waals surface area contributed by atoms with Gasteiger partial charge in [-0.1, -0.05) is 5.16 Å². The molecular weight excluding hydrogens is 372 g/mol. The van der Waals surface area contributed by atoms with E-state index in [1.165, 1.54) is 0 Å². The Morgan fingerprint density at radius 3 is 2.65 bits per heavy atom. The second-order valence-corrected chi connectivity index (χ2v) is 9.65. The molecule has 1 aliphatic heterocycles. The zero-order valence-corrected chi connectivity index (χ0v) is 17.2. The lowest BCUT2D eigenvalue weighted by molar-refractivity contribution is 0.283. The van der Waals surface area contributed by atoms with Gasteiger partial charge >= 0.3 is 0 Å². The minimum Gasteiger partial charge on any atom is -0.360 e. The van der Waals surface area contributed by atoms with Crippen molar-refractivity contribution in [3.05, 3.63) is 27.5 Å². The van der Waals surface area contributed by atoms with E-state index in [2.05, 4.69) is 20.4 Å². The average Bonchev–Trinajstić information content (AvgIpc) is 3.04. The van der Waals surface area contributed by atoms with Gasteiger partial charge in [-0.15, -0.1) is 11.3 Å². The van der Waals surface area contributed by atoms with Crippen molar-refractivity contribution in [3.8, 4) is 0 Å². The van der Waals surface area contributed by atoms with E-state index in [1.807, 2.05) is 6.92 Å². The van der Waals surface area contributed by atoms with Crippen LogP contribution in [0, 0.1) is 20.8 Å². The van der Waals surface area contributed by atoms with Crippen LogP contribution in [0.1, 0.15) is 35.0 Å². The highest BCUT2D eigenvalue weighted by Gasteiger charge is 2.32. The summed E-state index contributed by atoms with van der Waals surface area (Å²) in [4.78, 5) is 7.07. The van der Waals surface area contributed by atoms with E-state index < -0.39 is 10.0 Å². The molecule has 0 saturated carbocycles. The molecule has 144 valence electrons. The summed E-state index contributed by atoms with van der Waals surface area (Å²) in [5.41, 5.74) is 1.59. The van der Waals surface area contributed by atoms with Gasteiger partial charge < -0.3 is 9.42 Å². The normalized spacial score (nSPS) is 17.5. The fourth-order valence-corrected chi connectivity index (χ4v) is 5.80. The first kappa shape index (κ1) is 19.5. The molecule has 9 heteroatoms. The number of aromatic nitrogens is 2. The first-order chi connectivity index (χ1) is 12.4. The maximum Gasteiger partial charge on any atom is 0.248 e. The summed E-state index contributed by atoms with van der Waals surface area (Å²) in [6.07, 6.45) is 2.85. The summed E-state index contributed by atoms with van der Waals surface area (Å²) in [5.74, 6) is 0.363. The second-order valence-electron chi connectivity index (χ2n) is 6.71. The third kappa shape index (κ3) is 4.33. The average molecular weight is 399 g/mol. The molecule has 3 heterocycles. The van der Waals surface area contributed by atoms with Crippen molar-refractivity contribution in [1.82, 2.24) is 19.3 Å². The number of rotatable bonds is 6. The van der Waals surface area contributed by atoms with Gasteiger partial charge in [-0.3, -0.25) is 0 Å². The maximum atomic E-state index is 13.0. The molecular formula is C17H26N4O3S2. The first-order valence-corrected chi connectivity index (χ1v) is 11.3. The van der Waals surface area contributed by atoms with E-state index in [4.69, 9.17) is 4.52 Å². The van der Waals surface area contributed by atoms with Crippen molar-refractivity contribution < 1.29 is 12.9 Å². The van der Waals surface area contributed by atoms with Crippen LogP contribution < -0.4 is 0 Å². The van der Waals surface area contributed by atoms with Crippen LogP contribution in [0.5, 0.6) is 0 Å². The molecule has 0 spiro atoms. The summed E-state index contributed by atoms with van der Waals surface area (Å²) in [5, 5.41) is 7.02. The molecule has 7 nitrogen and oxygen atoms in total. The van der Waals surface area contributed by atoms with Crippen molar-refractivity contribution in [3.63, 3.8) is 0 Å². The molecule has 2 aromatic heterocycles. The summed E-state index contributed by atoms with van der Waals surface area (Å²) in [7, 11) is -3.55. The molecule has 0 radical (unpaired) electrons. The molecule has 0 amide bonds. The van der Waals surface area contributed by atoms with Crippen LogP contribution in [0.15, 0.2) is 14.8 Å². The standard InChI is InChI=1S/C17H26N4O3S2/c1-13-17(14(2)24-19-13)26(22,23)21-9-5-8-20(10-11-21)7-4-6-16-12-25-15(3)18-16/h12H,4-11H2,1-3H3. The van der Waals surface area contributed by atoms with E-state index >= 15 is 0 Å².